The summed E-state index contributed by atoms with van der Waals surface area (Å²) in [6.07, 6.45) is 0.990. The number of fused-ring (bicyclic) bond motifs is 1. The van der Waals surface area contributed by atoms with Gasteiger partial charge < -0.3 is 15.4 Å². The summed E-state index contributed by atoms with van der Waals surface area (Å²) >= 11 is 11.3. The first-order chi connectivity index (χ1) is 16.0. The van der Waals surface area contributed by atoms with Crippen molar-refractivity contribution in [2.24, 2.45) is 0 Å². The Morgan fingerprint density at radius 1 is 0.939 bits per heavy atom. The van der Waals surface area contributed by atoms with E-state index >= 15 is 0 Å². The van der Waals surface area contributed by atoms with Gasteiger partial charge in [0.25, 0.3) is 0 Å². The van der Waals surface area contributed by atoms with Gasteiger partial charge in [-0.15, -0.1) is 0 Å². The molecule has 0 fully saturated rings. The van der Waals surface area contributed by atoms with Crippen LogP contribution >= 0.6 is 23.8 Å². The van der Waals surface area contributed by atoms with Crippen LogP contribution in [0.2, 0.25) is 5.02 Å². The van der Waals surface area contributed by atoms with Gasteiger partial charge in [0.1, 0.15) is 0 Å². The molecule has 0 saturated carbocycles. The van der Waals surface area contributed by atoms with Gasteiger partial charge in [-0.3, -0.25) is 5.32 Å². The molecule has 1 atom stereocenters. The summed E-state index contributed by atoms with van der Waals surface area (Å²) in [5, 5.41) is 12.0. The number of thiocarbonyl (C=S) groups is 1. The molecule has 0 spiro atoms. The lowest BCUT2D eigenvalue weighted by atomic mass is 10.1. The Morgan fingerprint density at radius 3 is 2.33 bits per heavy atom. The highest BCUT2D eigenvalue weighted by Gasteiger charge is 2.10. The van der Waals surface area contributed by atoms with Crippen LogP contribution in [0.4, 0.5) is 16.2 Å². The van der Waals surface area contributed by atoms with E-state index in [1.165, 1.54) is 0 Å². The number of ether oxygens (including phenoxy) is 1. The van der Waals surface area contributed by atoms with Gasteiger partial charge in [0.05, 0.1) is 6.04 Å². The van der Waals surface area contributed by atoms with Crippen molar-refractivity contribution in [2.75, 3.05) is 10.6 Å². The molecule has 1 heterocycles. The van der Waals surface area contributed by atoms with Crippen LogP contribution in [0.1, 0.15) is 18.5 Å². The summed E-state index contributed by atoms with van der Waals surface area (Å²) in [6, 6.07) is 24.2. The van der Waals surface area contributed by atoms with E-state index in [-0.39, 0.29) is 11.9 Å². The van der Waals surface area contributed by atoms with Gasteiger partial charge in [0.2, 0.25) is 5.88 Å². The lowest BCUT2D eigenvalue weighted by Crippen LogP contribution is -2.30. The molecule has 0 bridgehead atoms. The Hall–Kier alpha value is -3.68. The first-order valence-corrected chi connectivity index (χ1v) is 11.0. The highest BCUT2D eigenvalue weighted by atomic mass is 35.5. The van der Waals surface area contributed by atoms with Gasteiger partial charge in [-0.05, 0) is 78.6 Å². The third-order valence-electron chi connectivity index (χ3n) is 4.93. The Balaban J connectivity index is 1.31. The number of rotatable bonds is 5. The van der Waals surface area contributed by atoms with Crippen molar-refractivity contribution in [3.05, 3.63) is 95.6 Å². The van der Waals surface area contributed by atoms with Crippen LogP contribution < -0.4 is 20.7 Å². The third kappa shape index (κ3) is 5.97. The fourth-order valence-electron chi connectivity index (χ4n) is 3.24. The molecule has 33 heavy (non-hydrogen) atoms. The average Bonchev–Trinajstić information content (AvgIpc) is 2.81. The van der Waals surface area contributed by atoms with Gasteiger partial charge in [-0.2, -0.15) is 0 Å². The molecule has 4 aromatic rings. The molecule has 0 aliphatic rings. The Kier molecular flexibility index (Phi) is 7.02. The van der Waals surface area contributed by atoms with Crippen molar-refractivity contribution in [1.29, 1.82) is 0 Å². The van der Waals surface area contributed by atoms with Gasteiger partial charge in [-0.1, -0.05) is 41.9 Å². The maximum Gasteiger partial charge on any atom is 0.418 e. The summed E-state index contributed by atoms with van der Waals surface area (Å²) in [5.41, 5.74) is 2.44. The fourth-order valence-corrected chi connectivity index (χ4v) is 3.66. The van der Waals surface area contributed by atoms with Crippen LogP contribution in [-0.2, 0) is 0 Å². The number of hydrogen-bond acceptors (Lipinski definition) is 4. The van der Waals surface area contributed by atoms with Crippen molar-refractivity contribution in [1.82, 2.24) is 10.3 Å². The topological polar surface area (TPSA) is 75.3 Å². The maximum atomic E-state index is 12.3. The summed E-state index contributed by atoms with van der Waals surface area (Å²) in [5.74, 6) is 0.259. The van der Waals surface area contributed by atoms with Crippen LogP contribution in [0.3, 0.4) is 0 Å². The number of nitrogens with one attached hydrogen (secondary N) is 3. The van der Waals surface area contributed by atoms with Gasteiger partial charge >= 0.3 is 6.09 Å². The molecule has 0 aliphatic heterocycles. The average molecular weight is 477 g/mol. The highest BCUT2D eigenvalue weighted by molar-refractivity contribution is 7.80. The number of hydrogen-bond donors (Lipinski definition) is 3. The van der Waals surface area contributed by atoms with E-state index in [9.17, 15) is 4.79 Å². The zero-order valence-electron chi connectivity index (χ0n) is 17.7. The zero-order valence-corrected chi connectivity index (χ0v) is 19.3. The molecule has 3 N–H and O–H groups in total. The Morgan fingerprint density at radius 2 is 1.61 bits per heavy atom. The van der Waals surface area contributed by atoms with E-state index in [0.717, 1.165) is 22.0 Å². The summed E-state index contributed by atoms with van der Waals surface area (Å²) in [6.45, 7) is 2.01. The number of amides is 1. The van der Waals surface area contributed by atoms with Crippen LogP contribution in [0.15, 0.2) is 85.1 Å². The molecule has 0 saturated heterocycles. The molecule has 3 aromatic carbocycles. The van der Waals surface area contributed by atoms with Crippen LogP contribution in [0.5, 0.6) is 5.88 Å². The number of anilines is 2. The SMILES string of the molecule is C[C@H](NC(=S)Nc1ccc(NC(=O)Oc2nccc3ccccc23)cc1)c1ccc(Cl)cc1. The van der Waals surface area contributed by atoms with Gasteiger partial charge in [0.15, 0.2) is 5.11 Å². The number of benzene rings is 3. The lowest BCUT2D eigenvalue weighted by molar-refractivity contribution is 0.214. The van der Waals surface area contributed by atoms with Gasteiger partial charge in [-0.25, -0.2) is 9.78 Å². The number of nitrogens with zero attached hydrogens (tertiary/aromatic N) is 1. The van der Waals surface area contributed by atoms with Gasteiger partial charge in [0, 0.05) is 28.0 Å². The van der Waals surface area contributed by atoms with E-state index in [4.69, 9.17) is 28.6 Å². The van der Waals surface area contributed by atoms with Crippen molar-refractivity contribution in [3.8, 4) is 5.88 Å². The second kappa shape index (κ2) is 10.3. The first kappa shape index (κ1) is 22.5. The van der Waals surface area contributed by atoms with Crippen molar-refractivity contribution < 1.29 is 9.53 Å². The normalized spacial score (nSPS) is 11.5. The highest BCUT2D eigenvalue weighted by Crippen LogP contribution is 2.23. The molecule has 6 nitrogen and oxygen atoms in total. The van der Waals surface area contributed by atoms with Crippen LogP contribution in [0.25, 0.3) is 10.8 Å². The molecule has 0 aliphatic carbocycles. The number of carbonyl (C=O) groups excluding carboxylic acids is 1. The quantitative estimate of drug-likeness (QED) is 0.284. The standard InChI is InChI=1S/C25H21ClN4O2S/c1-16(17-6-8-19(26)9-7-17)28-24(33)29-20-10-12-21(13-11-20)30-25(31)32-23-22-5-3-2-4-18(22)14-15-27-23/h2-16H,1H3,(H,30,31)(H2,28,29,33)/t16-/m0/s1. The minimum Gasteiger partial charge on any atom is -0.390 e. The molecular weight excluding hydrogens is 456 g/mol. The molecule has 0 radical (unpaired) electrons. The van der Waals surface area contributed by atoms with E-state index in [1.807, 2.05) is 73.7 Å². The zero-order chi connectivity index (χ0) is 23.2. The van der Waals surface area contributed by atoms with Crippen molar-refractivity contribution >= 4 is 57.2 Å². The van der Waals surface area contributed by atoms with Crippen molar-refractivity contribution in [2.45, 2.75) is 13.0 Å². The second-order valence-corrected chi connectivity index (χ2v) is 8.15. The predicted molar refractivity (Wildman–Crippen MR) is 137 cm³/mol. The second-order valence-electron chi connectivity index (χ2n) is 7.30. The van der Waals surface area contributed by atoms with E-state index in [1.54, 1.807) is 18.3 Å². The number of aromatic nitrogens is 1. The molecule has 1 aromatic heterocycles. The Labute approximate surface area is 201 Å². The first-order valence-electron chi connectivity index (χ1n) is 10.2. The molecule has 4 rings (SSSR count). The Bertz CT molecular complexity index is 1270. The lowest BCUT2D eigenvalue weighted by Gasteiger charge is -2.17. The minimum absolute atomic E-state index is 0.0145. The minimum atomic E-state index is -0.617. The summed E-state index contributed by atoms with van der Waals surface area (Å²) in [4.78, 5) is 16.5. The number of carbonyl (C=O) groups is 1. The summed E-state index contributed by atoms with van der Waals surface area (Å²) in [7, 11) is 0. The van der Waals surface area contributed by atoms with E-state index < -0.39 is 6.09 Å². The third-order valence-corrected chi connectivity index (χ3v) is 5.41. The molecule has 1 amide bonds. The number of pyridine rings is 1. The van der Waals surface area contributed by atoms with E-state index in [0.29, 0.717) is 15.8 Å². The smallest absolute Gasteiger partial charge is 0.390 e. The predicted octanol–water partition coefficient (Wildman–Crippen LogP) is 6.55. The fraction of sp³-hybridized carbons (Fsp3) is 0.0800. The monoisotopic (exact) mass is 476 g/mol. The van der Waals surface area contributed by atoms with Crippen molar-refractivity contribution in [3.63, 3.8) is 0 Å². The molecule has 8 heteroatoms. The van der Waals surface area contributed by atoms with E-state index in [2.05, 4.69) is 20.9 Å². The molecule has 0 unspecified atom stereocenters. The molecular formula is C25H21ClN4O2S. The molecule has 166 valence electrons. The summed E-state index contributed by atoms with van der Waals surface area (Å²) < 4.78 is 5.40. The number of halogens is 1. The van der Waals surface area contributed by atoms with Crippen LogP contribution in [-0.4, -0.2) is 16.2 Å². The largest absolute Gasteiger partial charge is 0.418 e. The maximum absolute atomic E-state index is 12.3. The van der Waals surface area contributed by atoms with Crippen LogP contribution in [0, 0.1) is 0 Å².